The van der Waals surface area contributed by atoms with E-state index in [1.807, 2.05) is 13.0 Å². The van der Waals surface area contributed by atoms with Crippen molar-refractivity contribution in [1.29, 1.82) is 0 Å². The van der Waals surface area contributed by atoms with Crippen molar-refractivity contribution in [3.8, 4) is 11.5 Å². The maximum Gasteiger partial charge on any atom is 0.416 e. The van der Waals surface area contributed by atoms with Gasteiger partial charge in [-0.2, -0.15) is 13.2 Å². The molecule has 3 N–H and O–H groups in total. The maximum absolute atomic E-state index is 14.0. The molecule has 0 bridgehead atoms. The number of benzene rings is 3. The minimum absolute atomic E-state index is 0.0483. The number of sulfonamides is 1. The Bertz CT molecular complexity index is 2790. The molecule has 3 aromatic carbocycles. The summed E-state index contributed by atoms with van der Waals surface area (Å²) < 4.78 is 81.9. The van der Waals surface area contributed by atoms with Crippen LogP contribution in [-0.4, -0.2) is 86.1 Å². The van der Waals surface area contributed by atoms with E-state index in [1.54, 1.807) is 24.4 Å². The van der Waals surface area contributed by atoms with Crippen LogP contribution in [0.25, 0.3) is 16.6 Å². The van der Waals surface area contributed by atoms with Crippen molar-refractivity contribution in [2.24, 2.45) is 11.3 Å². The Labute approximate surface area is 385 Å². The molecule has 4 heterocycles. The predicted octanol–water partition coefficient (Wildman–Crippen LogP) is 10.1. The molecule has 2 unspecified atom stereocenters. The number of piperazine rings is 1. The van der Waals surface area contributed by atoms with Gasteiger partial charge in [0, 0.05) is 85.7 Å². The highest BCUT2D eigenvalue weighted by atomic mass is 35.5. The third-order valence-corrected chi connectivity index (χ3v) is 14.4. The molecule has 14 nitrogen and oxygen atoms in total. The van der Waals surface area contributed by atoms with Crippen molar-refractivity contribution >= 4 is 61.2 Å². The number of ether oxygens (including phenoxy) is 2. The Balaban J connectivity index is 1.01. The van der Waals surface area contributed by atoms with Crippen molar-refractivity contribution in [3.05, 3.63) is 117 Å². The number of allylic oxidation sites excluding steroid dienone is 1. The van der Waals surface area contributed by atoms with Gasteiger partial charge in [-0.1, -0.05) is 37.1 Å². The number of fused-ring (bicyclic) bond motifs is 1. The molecular weight excluding hydrogens is 899 g/mol. The Morgan fingerprint density at radius 2 is 1.88 bits per heavy atom. The van der Waals surface area contributed by atoms with Gasteiger partial charge in [-0.05, 0) is 104 Å². The Morgan fingerprint density at radius 3 is 2.59 bits per heavy atom. The van der Waals surface area contributed by atoms with Gasteiger partial charge in [-0.15, -0.1) is 0 Å². The molecule has 2 aromatic heterocycles. The predicted molar refractivity (Wildman–Crippen MR) is 247 cm³/mol. The number of pyridine rings is 1. The van der Waals surface area contributed by atoms with Gasteiger partial charge in [0.25, 0.3) is 21.6 Å². The van der Waals surface area contributed by atoms with E-state index in [9.17, 15) is 36.5 Å². The lowest BCUT2D eigenvalue weighted by Crippen LogP contribution is -2.47. The molecule has 1 aliphatic carbocycles. The van der Waals surface area contributed by atoms with Crippen LogP contribution in [0.4, 0.5) is 30.2 Å². The number of hydrogen-bond acceptors (Lipinski definition) is 11. The molecule has 0 radical (unpaired) electrons. The van der Waals surface area contributed by atoms with Crippen LogP contribution in [0.15, 0.2) is 89.6 Å². The van der Waals surface area contributed by atoms with E-state index in [0.717, 1.165) is 60.4 Å². The molecule has 19 heteroatoms. The van der Waals surface area contributed by atoms with E-state index < -0.39 is 43.2 Å². The van der Waals surface area contributed by atoms with Crippen LogP contribution in [-0.2, 0) is 20.9 Å². The third-order valence-electron chi connectivity index (χ3n) is 12.8. The van der Waals surface area contributed by atoms with Crippen LogP contribution in [0.2, 0.25) is 5.02 Å². The van der Waals surface area contributed by atoms with Crippen molar-refractivity contribution < 1.29 is 40.8 Å². The molecule has 3 aliphatic rings. The summed E-state index contributed by atoms with van der Waals surface area (Å²) in [6.45, 7) is 10.5. The zero-order valence-corrected chi connectivity index (χ0v) is 38.3. The summed E-state index contributed by atoms with van der Waals surface area (Å²) in [4.78, 5) is 36.8. The van der Waals surface area contributed by atoms with E-state index in [-0.39, 0.29) is 39.4 Å². The fourth-order valence-corrected chi connectivity index (χ4v) is 10.2. The van der Waals surface area contributed by atoms with Crippen LogP contribution in [0, 0.1) is 21.4 Å². The third kappa shape index (κ3) is 10.6. The number of alkyl halides is 3. The SMILES string of the molecule is CC(Nc1ccc(S(=O)(=O)NC(=O)c2ccc(N3CCN(CC4=C(c5ccc(C(F)(F)F)cc5Cl)CC(C)(C)CC4)CC3)cc2Oc2cnc3[nH]ccc3c2)cc1[N+](=O)[O-])C1CCCOC1. The first-order chi connectivity index (χ1) is 31.3. The van der Waals surface area contributed by atoms with Crippen molar-refractivity contribution in [2.45, 2.75) is 70.0 Å². The topological polar surface area (TPSA) is 172 Å². The number of carbonyl (C=O) groups is 1. The van der Waals surface area contributed by atoms with E-state index in [2.05, 4.69) is 43.7 Å². The van der Waals surface area contributed by atoms with Crippen molar-refractivity contribution in [2.75, 3.05) is 56.2 Å². The molecule has 2 aliphatic heterocycles. The molecule has 0 spiro atoms. The molecule has 8 rings (SSSR count). The van der Waals surface area contributed by atoms with Crippen LogP contribution in [0.5, 0.6) is 11.5 Å². The average Bonchev–Trinajstić information content (AvgIpc) is 3.75. The Kier molecular flexibility index (Phi) is 13.4. The highest BCUT2D eigenvalue weighted by Gasteiger charge is 2.34. The molecular formula is C47H51ClF3N7O7S. The van der Waals surface area contributed by atoms with Crippen molar-refractivity contribution in [1.82, 2.24) is 19.6 Å². The number of nitro benzene ring substituents is 1. The molecule has 2 fully saturated rings. The lowest BCUT2D eigenvalue weighted by molar-refractivity contribution is -0.384. The van der Waals surface area contributed by atoms with Gasteiger partial charge in [-0.3, -0.25) is 19.8 Å². The summed E-state index contributed by atoms with van der Waals surface area (Å²) in [5, 5.41) is 16.2. The first kappa shape index (κ1) is 46.8. The molecule has 1 amide bonds. The number of aromatic nitrogens is 2. The van der Waals surface area contributed by atoms with Gasteiger partial charge >= 0.3 is 6.18 Å². The number of carbonyl (C=O) groups excluding carboxylic acids is 1. The number of nitrogens with one attached hydrogen (secondary N) is 3. The molecule has 350 valence electrons. The number of hydrogen-bond donors (Lipinski definition) is 3. The number of H-pyrrole nitrogens is 1. The summed E-state index contributed by atoms with van der Waals surface area (Å²) in [6.07, 6.45) is 2.87. The number of anilines is 2. The fraction of sp³-hybridized carbons (Fsp3) is 0.404. The van der Waals surface area contributed by atoms with Crippen molar-refractivity contribution in [3.63, 3.8) is 0 Å². The van der Waals surface area contributed by atoms with Gasteiger partial charge in [0.15, 0.2) is 0 Å². The number of halogens is 4. The maximum atomic E-state index is 14.0. The summed E-state index contributed by atoms with van der Waals surface area (Å²) in [5.74, 6) is -0.549. The zero-order valence-electron chi connectivity index (χ0n) is 36.7. The second-order valence-electron chi connectivity index (χ2n) is 18.0. The van der Waals surface area contributed by atoms with Gasteiger partial charge in [0.05, 0.1) is 33.7 Å². The van der Waals surface area contributed by atoms with E-state index >= 15 is 0 Å². The van der Waals surface area contributed by atoms with Gasteiger partial charge in [-0.25, -0.2) is 18.1 Å². The summed E-state index contributed by atoms with van der Waals surface area (Å²) >= 11 is 6.54. The quantitative estimate of drug-likeness (QED) is 0.0758. The molecule has 2 atom stereocenters. The van der Waals surface area contributed by atoms with Crippen LogP contribution < -0.4 is 19.7 Å². The van der Waals surface area contributed by atoms with Gasteiger partial charge < -0.3 is 24.7 Å². The van der Waals surface area contributed by atoms with Gasteiger partial charge in [0.2, 0.25) is 0 Å². The minimum Gasteiger partial charge on any atom is -0.455 e. The van der Waals surface area contributed by atoms with Crippen LogP contribution in [0.3, 0.4) is 0 Å². The van der Waals surface area contributed by atoms with Crippen LogP contribution in [0.1, 0.15) is 74.4 Å². The molecule has 0 saturated carbocycles. The largest absolute Gasteiger partial charge is 0.455 e. The molecule has 66 heavy (non-hydrogen) atoms. The van der Waals surface area contributed by atoms with E-state index in [0.29, 0.717) is 75.0 Å². The first-order valence-corrected chi connectivity index (χ1v) is 23.7. The second kappa shape index (κ2) is 18.9. The summed E-state index contributed by atoms with van der Waals surface area (Å²) in [6, 6.07) is 15.2. The number of nitro groups is 1. The normalized spacial score (nSPS) is 18.8. The number of nitrogens with zero attached hydrogens (tertiary/aromatic N) is 4. The smallest absolute Gasteiger partial charge is 0.416 e. The van der Waals surface area contributed by atoms with Gasteiger partial charge in [0.1, 0.15) is 22.8 Å². The summed E-state index contributed by atoms with van der Waals surface area (Å²) in [7, 11) is -4.62. The lowest BCUT2D eigenvalue weighted by Gasteiger charge is -2.39. The summed E-state index contributed by atoms with van der Waals surface area (Å²) in [5.41, 5.74) is 2.85. The highest BCUT2D eigenvalue weighted by molar-refractivity contribution is 7.90. The fourth-order valence-electron chi connectivity index (χ4n) is 8.96. The first-order valence-electron chi connectivity index (χ1n) is 21.8. The minimum atomic E-state index is -4.62. The molecule has 2 saturated heterocycles. The molecule has 5 aromatic rings. The second-order valence-corrected chi connectivity index (χ2v) is 20.1. The highest BCUT2D eigenvalue weighted by Crippen LogP contribution is 2.46. The Hall–Kier alpha value is -5.69. The average molecular weight is 950 g/mol. The standard InChI is InChI=1S/C47H51ClF3N7O7S/c1-29(32-5-4-20-64-28-32)54-41-11-8-36(24-42(41)58(60)61)66(62,63)55-45(59)38-10-7-34(23-43(38)65-35-21-30-13-15-52-44(30)53-26-35)57-18-16-56(17-19-57)27-31-12-14-46(2,3)25-39(31)37-9-6-33(22-40(37)48)47(49,50)51/h6-11,13,15,21-24,26,29,32,54H,4-5,12,14,16-20,25,27-28H2,1-3H3,(H,52,53)(H,55,59). The Morgan fingerprint density at radius 1 is 1.09 bits per heavy atom. The van der Waals surface area contributed by atoms with Crippen LogP contribution >= 0.6 is 11.6 Å². The number of rotatable bonds is 13. The van der Waals surface area contributed by atoms with E-state index in [4.69, 9.17) is 21.1 Å². The number of amides is 1. The van der Waals surface area contributed by atoms with E-state index in [1.165, 1.54) is 30.5 Å². The monoisotopic (exact) mass is 949 g/mol. The zero-order chi connectivity index (χ0) is 47.0. The number of aromatic amines is 1. The lowest BCUT2D eigenvalue weighted by atomic mass is 9.72.